The summed E-state index contributed by atoms with van der Waals surface area (Å²) in [7, 11) is 3.35. The van der Waals surface area contributed by atoms with E-state index in [-0.39, 0.29) is 6.04 Å². The van der Waals surface area contributed by atoms with Crippen LogP contribution in [0.3, 0.4) is 0 Å². The third-order valence-corrected chi connectivity index (χ3v) is 6.66. The molecule has 40 heavy (non-hydrogen) atoms. The number of rotatable bonds is 10. The average Bonchev–Trinajstić information content (AvgIpc) is 3.03. The maximum Gasteiger partial charge on any atom is 0.162 e. The molecule has 5 heteroatoms. The molecular formula is C35H39NO4. The molecule has 1 unspecified atom stereocenters. The monoisotopic (exact) mass is 537 g/mol. The molecule has 5 nitrogen and oxygen atoms in total. The van der Waals surface area contributed by atoms with Crippen molar-refractivity contribution in [3.05, 3.63) is 125 Å². The zero-order valence-electron chi connectivity index (χ0n) is 23.9. The molecule has 0 fully saturated rings. The molecule has 0 aromatic heterocycles. The third-order valence-electron chi connectivity index (χ3n) is 6.66. The van der Waals surface area contributed by atoms with Gasteiger partial charge in [0, 0.05) is 6.54 Å². The van der Waals surface area contributed by atoms with Crippen LogP contribution in [0.1, 0.15) is 47.7 Å². The third kappa shape index (κ3) is 7.45. The molecule has 0 saturated heterocycles. The summed E-state index contributed by atoms with van der Waals surface area (Å²) in [6, 6.07) is 30.6. The van der Waals surface area contributed by atoms with E-state index in [1.807, 2.05) is 68.4 Å². The summed E-state index contributed by atoms with van der Waals surface area (Å²) in [6.07, 6.45) is 5.24. The lowest BCUT2D eigenvalue weighted by Crippen LogP contribution is -2.28. The fourth-order valence-electron chi connectivity index (χ4n) is 4.63. The molecule has 0 saturated carbocycles. The van der Waals surface area contributed by atoms with E-state index >= 15 is 0 Å². The van der Waals surface area contributed by atoms with Crippen molar-refractivity contribution < 1.29 is 18.9 Å². The van der Waals surface area contributed by atoms with Gasteiger partial charge in [0.2, 0.25) is 0 Å². The van der Waals surface area contributed by atoms with Crippen LogP contribution in [0, 0.1) is 0 Å². The minimum Gasteiger partial charge on any atom is -0.493 e. The fraction of sp³-hybridized carbons (Fsp3) is 0.257. The Morgan fingerprint density at radius 2 is 1.30 bits per heavy atom. The number of fused-ring (bicyclic) bond motifs is 1. The lowest BCUT2D eigenvalue weighted by molar-refractivity contribution is 0.283. The highest BCUT2D eigenvalue weighted by atomic mass is 16.5. The van der Waals surface area contributed by atoms with E-state index in [2.05, 4.69) is 53.9 Å². The Kier molecular flexibility index (Phi) is 10.6. The van der Waals surface area contributed by atoms with Crippen LogP contribution < -0.4 is 24.3 Å². The van der Waals surface area contributed by atoms with Gasteiger partial charge in [-0.25, -0.2) is 0 Å². The van der Waals surface area contributed by atoms with Crippen molar-refractivity contribution in [3.63, 3.8) is 0 Å². The summed E-state index contributed by atoms with van der Waals surface area (Å²) in [5, 5.41) is 3.62. The van der Waals surface area contributed by atoms with Crippen molar-refractivity contribution in [3.8, 4) is 23.0 Å². The quantitative estimate of drug-likeness (QED) is 0.224. The van der Waals surface area contributed by atoms with E-state index in [4.69, 9.17) is 18.9 Å². The van der Waals surface area contributed by atoms with Gasteiger partial charge in [-0.2, -0.15) is 0 Å². The first-order valence-corrected chi connectivity index (χ1v) is 13.9. The van der Waals surface area contributed by atoms with Gasteiger partial charge in [-0.1, -0.05) is 92.7 Å². The second kappa shape index (κ2) is 14.8. The Hall–Kier alpha value is -4.22. The van der Waals surface area contributed by atoms with Gasteiger partial charge in [0.15, 0.2) is 23.0 Å². The predicted octanol–water partition coefficient (Wildman–Crippen LogP) is 7.79. The lowest BCUT2D eigenvalue weighted by Gasteiger charge is -2.26. The van der Waals surface area contributed by atoms with E-state index in [0.29, 0.717) is 19.0 Å². The van der Waals surface area contributed by atoms with Crippen molar-refractivity contribution in [2.75, 3.05) is 20.8 Å². The van der Waals surface area contributed by atoms with Crippen LogP contribution >= 0.6 is 0 Å². The van der Waals surface area contributed by atoms with Crippen LogP contribution in [0.5, 0.6) is 23.0 Å². The average molecular weight is 538 g/mol. The largest absolute Gasteiger partial charge is 0.493 e. The van der Waals surface area contributed by atoms with Crippen molar-refractivity contribution in [2.24, 2.45) is 0 Å². The molecule has 1 atom stereocenters. The van der Waals surface area contributed by atoms with Gasteiger partial charge in [-0.15, -0.1) is 0 Å². The zero-order valence-corrected chi connectivity index (χ0v) is 23.9. The smallest absolute Gasteiger partial charge is 0.162 e. The normalized spacial score (nSPS) is 14.1. The van der Waals surface area contributed by atoms with E-state index < -0.39 is 0 Å². The fourth-order valence-corrected chi connectivity index (χ4v) is 4.63. The molecule has 1 N–H and O–H groups in total. The maximum atomic E-state index is 6.15. The van der Waals surface area contributed by atoms with E-state index in [1.54, 1.807) is 14.2 Å². The van der Waals surface area contributed by atoms with E-state index in [1.165, 1.54) is 11.1 Å². The Morgan fingerprint density at radius 1 is 0.700 bits per heavy atom. The summed E-state index contributed by atoms with van der Waals surface area (Å²) in [4.78, 5) is 0. The first-order chi connectivity index (χ1) is 19.7. The highest BCUT2D eigenvalue weighted by molar-refractivity contribution is 5.58. The predicted molar refractivity (Wildman–Crippen MR) is 162 cm³/mol. The van der Waals surface area contributed by atoms with Crippen molar-refractivity contribution in [1.29, 1.82) is 0 Å². The summed E-state index contributed by atoms with van der Waals surface area (Å²) >= 11 is 0. The first kappa shape index (κ1) is 28.8. The van der Waals surface area contributed by atoms with Gasteiger partial charge in [0.25, 0.3) is 0 Å². The molecule has 1 heterocycles. The van der Waals surface area contributed by atoms with Crippen molar-refractivity contribution in [1.82, 2.24) is 5.32 Å². The highest BCUT2D eigenvalue weighted by Gasteiger charge is 2.21. The molecule has 0 bridgehead atoms. The lowest BCUT2D eigenvalue weighted by atomic mass is 9.93. The number of hydrogen-bond acceptors (Lipinski definition) is 5. The van der Waals surface area contributed by atoms with Gasteiger partial charge in [0.05, 0.1) is 20.3 Å². The molecule has 4 aromatic rings. The number of ether oxygens (including phenoxy) is 4. The molecule has 1 aliphatic heterocycles. The van der Waals surface area contributed by atoms with Gasteiger partial charge in [-0.3, -0.25) is 0 Å². The maximum absolute atomic E-state index is 6.15. The van der Waals surface area contributed by atoms with Gasteiger partial charge in [-0.05, 0) is 58.5 Å². The van der Waals surface area contributed by atoms with Gasteiger partial charge in [0.1, 0.15) is 13.2 Å². The highest BCUT2D eigenvalue weighted by Crippen LogP contribution is 2.37. The minimum absolute atomic E-state index is 0.0617. The molecule has 1 aliphatic rings. The summed E-state index contributed by atoms with van der Waals surface area (Å²) in [6.45, 7) is 5.88. The molecular weight excluding hydrogens is 498 g/mol. The molecule has 208 valence electrons. The molecule has 0 amide bonds. The second-order valence-corrected chi connectivity index (χ2v) is 9.20. The summed E-state index contributed by atoms with van der Waals surface area (Å²) < 4.78 is 23.5. The van der Waals surface area contributed by atoms with Gasteiger partial charge >= 0.3 is 0 Å². The molecule has 0 spiro atoms. The van der Waals surface area contributed by atoms with Crippen LogP contribution in [0.15, 0.2) is 97.1 Å². The van der Waals surface area contributed by atoms with Crippen LogP contribution in [0.2, 0.25) is 0 Å². The molecule has 5 rings (SSSR count). The molecule has 4 aromatic carbocycles. The number of methoxy groups -OCH3 is 2. The van der Waals surface area contributed by atoms with Crippen molar-refractivity contribution >= 4 is 6.08 Å². The summed E-state index contributed by atoms with van der Waals surface area (Å²) in [5.74, 6) is 2.95. The Labute approximate surface area is 238 Å². The Bertz CT molecular complexity index is 1370. The minimum atomic E-state index is 0.0617. The summed E-state index contributed by atoms with van der Waals surface area (Å²) in [5.41, 5.74) is 5.74. The van der Waals surface area contributed by atoms with Crippen LogP contribution in [0.4, 0.5) is 0 Å². The molecule has 0 aliphatic carbocycles. The number of benzene rings is 4. The van der Waals surface area contributed by atoms with Crippen LogP contribution in [0.25, 0.3) is 6.08 Å². The topological polar surface area (TPSA) is 49.0 Å². The zero-order chi connectivity index (χ0) is 28.2. The van der Waals surface area contributed by atoms with Crippen LogP contribution in [-0.2, 0) is 19.6 Å². The van der Waals surface area contributed by atoms with Crippen molar-refractivity contribution in [2.45, 2.75) is 39.5 Å². The van der Waals surface area contributed by atoms with Gasteiger partial charge < -0.3 is 24.3 Å². The number of nitrogens with one attached hydrogen (secondary N) is 1. The Balaban J connectivity index is 0.00000181. The van der Waals surface area contributed by atoms with E-state index in [0.717, 1.165) is 46.9 Å². The van der Waals surface area contributed by atoms with E-state index in [9.17, 15) is 0 Å². The SMILES string of the molecule is CC.COc1ccc(/C=C/C2NCCc3cc(OCc4ccccc4)c(OC)cc32)cc1OCc1ccccc1. The van der Waals surface area contributed by atoms with Crippen LogP contribution in [-0.4, -0.2) is 20.8 Å². The number of hydrogen-bond donors (Lipinski definition) is 1. The Morgan fingerprint density at radius 3 is 1.90 bits per heavy atom. The standard InChI is InChI=1S/C33H33NO4.C2H6/c1-35-30-16-14-24(19-32(30)37-22-25-9-5-3-6-10-25)13-15-29-28-21-31(36-2)33(20-27(28)17-18-34-29)38-23-26-11-7-4-8-12-26;1-2/h3-16,19-21,29,34H,17-18,22-23H2,1-2H3;1-2H3/b15-13+;. The second-order valence-electron chi connectivity index (χ2n) is 9.20. The molecule has 0 radical (unpaired) electrons. The first-order valence-electron chi connectivity index (χ1n) is 13.9.